The van der Waals surface area contributed by atoms with Gasteiger partial charge in [0.25, 0.3) is 0 Å². The molecule has 1 aromatic rings. The maximum absolute atomic E-state index is 5.83. The lowest BCUT2D eigenvalue weighted by molar-refractivity contribution is 1.16. The topological polar surface area (TPSA) is 26.0 Å². The highest BCUT2D eigenvalue weighted by Crippen LogP contribution is 2.19. The first-order chi connectivity index (χ1) is 5.74. The van der Waals surface area contributed by atoms with E-state index in [0.29, 0.717) is 0 Å². The molecule has 0 spiro atoms. The molecule has 0 saturated heterocycles. The molecule has 1 aromatic carbocycles. The van der Waals surface area contributed by atoms with Crippen molar-refractivity contribution in [1.82, 2.24) is 0 Å². The van der Waals surface area contributed by atoms with Crippen LogP contribution < -0.4 is 5.73 Å². The average Bonchev–Trinajstić information content (AvgIpc) is 2.07. The fourth-order valence-corrected chi connectivity index (χ4v) is 1.62. The molecule has 0 aliphatic heterocycles. The number of thioether (sulfide) groups is 1. The molecular formula is C9H12ClNS. The summed E-state index contributed by atoms with van der Waals surface area (Å²) in [6.07, 6.45) is 3.08. The third-order valence-electron chi connectivity index (χ3n) is 1.68. The fourth-order valence-electron chi connectivity index (χ4n) is 1.00. The molecule has 0 heterocycles. The Bertz CT molecular complexity index is 263. The molecule has 3 heteroatoms. The monoisotopic (exact) mass is 201 g/mol. The van der Waals surface area contributed by atoms with E-state index in [1.807, 2.05) is 30.0 Å². The molecule has 0 saturated carbocycles. The van der Waals surface area contributed by atoms with Gasteiger partial charge in [0, 0.05) is 10.7 Å². The number of hydrogen-bond acceptors (Lipinski definition) is 2. The molecule has 66 valence electrons. The Kier molecular flexibility index (Phi) is 3.76. The second kappa shape index (κ2) is 4.63. The summed E-state index contributed by atoms with van der Waals surface area (Å²) in [6, 6.07) is 5.62. The van der Waals surface area contributed by atoms with Gasteiger partial charge in [0.15, 0.2) is 0 Å². The van der Waals surface area contributed by atoms with E-state index in [1.54, 1.807) is 0 Å². The Morgan fingerprint density at radius 2 is 2.25 bits per heavy atom. The standard InChI is InChI=1S/C9H12ClNS/c1-12-5-4-7-6-8(10)2-3-9(7)11/h2-3,6H,4-5,11H2,1H3. The Labute approximate surface area is 82.3 Å². The molecule has 1 rings (SSSR count). The SMILES string of the molecule is CSCCc1cc(Cl)ccc1N. The Hall–Kier alpha value is -0.340. The highest BCUT2D eigenvalue weighted by Gasteiger charge is 1.98. The van der Waals surface area contributed by atoms with E-state index in [1.165, 1.54) is 0 Å². The first kappa shape index (κ1) is 9.75. The van der Waals surface area contributed by atoms with Crippen molar-refractivity contribution in [1.29, 1.82) is 0 Å². The van der Waals surface area contributed by atoms with Crippen molar-refractivity contribution in [3.63, 3.8) is 0 Å². The average molecular weight is 202 g/mol. The van der Waals surface area contributed by atoms with Gasteiger partial charge in [-0.05, 0) is 42.2 Å². The molecule has 0 unspecified atom stereocenters. The lowest BCUT2D eigenvalue weighted by atomic mass is 10.1. The van der Waals surface area contributed by atoms with Crippen molar-refractivity contribution in [2.45, 2.75) is 6.42 Å². The van der Waals surface area contributed by atoms with Crippen molar-refractivity contribution in [2.24, 2.45) is 0 Å². The van der Waals surface area contributed by atoms with Gasteiger partial charge >= 0.3 is 0 Å². The Morgan fingerprint density at radius 1 is 1.50 bits per heavy atom. The van der Waals surface area contributed by atoms with Gasteiger partial charge in [-0.15, -0.1) is 0 Å². The van der Waals surface area contributed by atoms with E-state index in [-0.39, 0.29) is 0 Å². The minimum Gasteiger partial charge on any atom is -0.399 e. The molecular weight excluding hydrogens is 190 g/mol. The van der Waals surface area contributed by atoms with Gasteiger partial charge < -0.3 is 5.73 Å². The van der Waals surface area contributed by atoms with Gasteiger partial charge in [0.05, 0.1) is 0 Å². The Balaban J connectivity index is 2.75. The number of aryl methyl sites for hydroxylation is 1. The zero-order valence-corrected chi connectivity index (χ0v) is 8.58. The highest BCUT2D eigenvalue weighted by molar-refractivity contribution is 7.98. The summed E-state index contributed by atoms with van der Waals surface area (Å²) < 4.78 is 0. The molecule has 12 heavy (non-hydrogen) atoms. The third-order valence-corrected chi connectivity index (χ3v) is 2.53. The predicted molar refractivity (Wildman–Crippen MR) is 58.0 cm³/mol. The summed E-state index contributed by atoms with van der Waals surface area (Å²) in [6.45, 7) is 0. The summed E-state index contributed by atoms with van der Waals surface area (Å²) in [5.74, 6) is 1.09. The van der Waals surface area contributed by atoms with Gasteiger partial charge in [-0.1, -0.05) is 11.6 Å². The maximum atomic E-state index is 5.83. The van der Waals surface area contributed by atoms with Crippen LogP contribution in [0.25, 0.3) is 0 Å². The smallest absolute Gasteiger partial charge is 0.0410 e. The van der Waals surface area contributed by atoms with Crippen molar-refractivity contribution >= 4 is 29.1 Å². The first-order valence-corrected chi connectivity index (χ1v) is 5.54. The van der Waals surface area contributed by atoms with Gasteiger partial charge in [-0.2, -0.15) is 11.8 Å². The van der Waals surface area contributed by atoms with Gasteiger partial charge in [0.2, 0.25) is 0 Å². The number of anilines is 1. The summed E-state index contributed by atoms with van der Waals surface area (Å²) in [4.78, 5) is 0. The van der Waals surface area contributed by atoms with Crippen LogP contribution in [-0.2, 0) is 6.42 Å². The zero-order chi connectivity index (χ0) is 8.97. The Morgan fingerprint density at radius 3 is 2.92 bits per heavy atom. The van der Waals surface area contributed by atoms with Crippen LogP contribution in [-0.4, -0.2) is 12.0 Å². The van der Waals surface area contributed by atoms with Crippen LogP contribution in [0, 0.1) is 0 Å². The zero-order valence-electron chi connectivity index (χ0n) is 7.01. The summed E-state index contributed by atoms with van der Waals surface area (Å²) in [7, 11) is 0. The number of hydrogen-bond donors (Lipinski definition) is 1. The largest absolute Gasteiger partial charge is 0.399 e. The summed E-state index contributed by atoms with van der Waals surface area (Å²) in [5, 5.41) is 0.764. The second-order valence-electron chi connectivity index (χ2n) is 2.59. The molecule has 2 N–H and O–H groups in total. The molecule has 0 atom stereocenters. The minimum absolute atomic E-state index is 0.764. The molecule has 1 nitrogen and oxygen atoms in total. The highest BCUT2D eigenvalue weighted by atomic mass is 35.5. The van der Waals surface area contributed by atoms with Crippen molar-refractivity contribution in [2.75, 3.05) is 17.7 Å². The minimum atomic E-state index is 0.764. The third kappa shape index (κ3) is 2.61. The molecule has 0 aliphatic rings. The maximum Gasteiger partial charge on any atom is 0.0410 e. The molecule has 0 bridgehead atoms. The quantitative estimate of drug-likeness (QED) is 0.762. The van der Waals surface area contributed by atoms with Crippen LogP contribution in [0.15, 0.2) is 18.2 Å². The number of halogens is 1. The molecule has 0 aromatic heterocycles. The van der Waals surface area contributed by atoms with Crippen molar-refractivity contribution in [3.05, 3.63) is 28.8 Å². The number of nitrogen functional groups attached to an aromatic ring is 1. The second-order valence-corrected chi connectivity index (χ2v) is 4.01. The van der Waals surface area contributed by atoms with E-state index in [2.05, 4.69) is 6.26 Å². The van der Waals surface area contributed by atoms with Gasteiger partial charge in [0.1, 0.15) is 0 Å². The summed E-state index contributed by atoms with van der Waals surface area (Å²) >= 11 is 7.65. The molecule has 0 amide bonds. The van der Waals surface area contributed by atoms with Crippen LogP contribution in [0.1, 0.15) is 5.56 Å². The lowest BCUT2D eigenvalue weighted by Crippen LogP contribution is -1.95. The molecule has 0 aliphatic carbocycles. The molecule has 0 fully saturated rings. The van der Waals surface area contributed by atoms with Crippen LogP contribution in [0.4, 0.5) is 5.69 Å². The number of benzene rings is 1. The van der Waals surface area contributed by atoms with E-state index in [0.717, 1.165) is 28.4 Å². The fraction of sp³-hybridized carbons (Fsp3) is 0.333. The number of nitrogens with two attached hydrogens (primary N) is 1. The van der Waals surface area contributed by atoms with E-state index in [4.69, 9.17) is 17.3 Å². The molecule has 0 radical (unpaired) electrons. The number of rotatable bonds is 3. The van der Waals surface area contributed by atoms with E-state index >= 15 is 0 Å². The predicted octanol–water partition coefficient (Wildman–Crippen LogP) is 2.83. The van der Waals surface area contributed by atoms with Crippen molar-refractivity contribution in [3.8, 4) is 0 Å². The van der Waals surface area contributed by atoms with Crippen LogP contribution in [0.3, 0.4) is 0 Å². The van der Waals surface area contributed by atoms with Crippen LogP contribution in [0.5, 0.6) is 0 Å². The lowest BCUT2D eigenvalue weighted by Gasteiger charge is -2.04. The normalized spacial score (nSPS) is 10.2. The van der Waals surface area contributed by atoms with Crippen molar-refractivity contribution < 1.29 is 0 Å². The van der Waals surface area contributed by atoms with E-state index in [9.17, 15) is 0 Å². The van der Waals surface area contributed by atoms with Crippen LogP contribution >= 0.6 is 23.4 Å². The summed E-state index contributed by atoms with van der Waals surface area (Å²) in [5.41, 5.74) is 7.75. The van der Waals surface area contributed by atoms with Gasteiger partial charge in [-0.3, -0.25) is 0 Å². The van der Waals surface area contributed by atoms with E-state index < -0.39 is 0 Å². The van der Waals surface area contributed by atoms with Crippen LogP contribution in [0.2, 0.25) is 5.02 Å². The first-order valence-electron chi connectivity index (χ1n) is 3.77. The van der Waals surface area contributed by atoms with Gasteiger partial charge in [-0.25, -0.2) is 0 Å².